The Balaban J connectivity index is 2.40. The minimum absolute atomic E-state index is 0.0373. The molecular formula is C16H31N3O2. The van der Waals surface area contributed by atoms with E-state index in [0.717, 1.165) is 25.7 Å². The van der Waals surface area contributed by atoms with Gasteiger partial charge in [0.1, 0.15) is 0 Å². The van der Waals surface area contributed by atoms with E-state index in [1.54, 1.807) is 4.90 Å². The van der Waals surface area contributed by atoms with Crippen LogP contribution in [0, 0.1) is 11.3 Å². The number of carbonyl (C=O) groups excluding carboxylic acids is 2. The molecule has 0 aromatic heterocycles. The summed E-state index contributed by atoms with van der Waals surface area (Å²) in [5, 5.41) is 2.64. The van der Waals surface area contributed by atoms with E-state index in [1.165, 1.54) is 0 Å². The Morgan fingerprint density at radius 2 is 1.81 bits per heavy atom. The molecule has 1 aliphatic rings. The molecule has 1 aliphatic carbocycles. The number of nitrogens with one attached hydrogen (secondary N) is 1. The zero-order chi connectivity index (χ0) is 16.2. The van der Waals surface area contributed by atoms with E-state index in [4.69, 9.17) is 5.73 Å². The van der Waals surface area contributed by atoms with E-state index >= 15 is 0 Å². The third kappa shape index (κ3) is 5.30. The molecular weight excluding hydrogens is 266 g/mol. The fraction of sp³-hybridized carbons (Fsp3) is 0.875. The second-order valence-corrected chi connectivity index (χ2v) is 7.39. The number of nitrogens with zero attached hydrogens (tertiary/aromatic N) is 1. The standard InChI is InChI=1S/C16H31N3O2/c1-11(2)14(17)15(21)18-10-13(20)19(5)12-6-8-16(3,4)9-7-12/h11-12,14H,6-10,17H2,1-5H3,(H,18,21)/t14-/m0/s1. The van der Waals surface area contributed by atoms with Crippen molar-refractivity contribution in [3.63, 3.8) is 0 Å². The van der Waals surface area contributed by atoms with E-state index in [0.29, 0.717) is 11.5 Å². The molecule has 5 nitrogen and oxygen atoms in total. The van der Waals surface area contributed by atoms with Crippen LogP contribution in [0.3, 0.4) is 0 Å². The van der Waals surface area contributed by atoms with Crippen LogP contribution in [0.2, 0.25) is 0 Å². The van der Waals surface area contributed by atoms with Crippen LogP contribution in [-0.2, 0) is 9.59 Å². The van der Waals surface area contributed by atoms with Gasteiger partial charge in [0.15, 0.2) is 0 Å². The molecule has 1 atom stereocenters. The van der Waals surface area contributed by atoms with Crippen LogP contribution in [0.5, 0.6) is 0 Å². The zero-order valence-corrected chi connectivity index (χ0v) is 14.1. The first kappa shape index (κ1) is 18.0. The lowest BCUT2D eigenvalue weighted by molar-refractivity contribution is -0.134. The monoisotopic (exact) mass is 297 g/mol. The van der Waals surface area contributed by atoms with Crippen molar-refractivity contribution in [2.24, 2.45) is 17.1 Å². The second kappa shape index (κ2) is 7.25. The summed E-state index contributed by atoms with van der Waals surface area (Å²) in [4.78, 5) is 25.7. The van der Waals surface area contributed by atoms with Gasteiger partial charge in [-0.1, -0.05) is 27.7 Å². The molecule has 0 heterocycles. The maximum atomic E-state index is 12.2. The topological polar surface area (TPSA) is 75.4 Å². The molecule has 0 unspecified atom stereocenters. The van der Waals surface area contributed by atoms with Gasteiger partial charge in [0.05, 0.1) is 12.6 Å². The van der Waals surface area contributed by atoms with Crippen LogP contribution in [0.15, 0.2) is 0 Å². The zero-order valence-electron chi connectivity index (χ0n) is 14.1. The number of hydrogen-bond donors (Lipinski definition) is 2. The van der Waals surface area contributed by atoms with Crippen molar-refractivity contribution in [1.82, 2.24) is 10.2 Å². The molecule has 0 spiro atoms. The number of likely N-dealkylation sites (N-methyl/N-ethyl adjacent to an activating group) is 1. The molecule has 0 saturated heterocycles. The average Bonchev–Trinajstić information content (AvgIpc) is 2.42. The molecule has 0 aliphatic heterocycles. The Morgan fingerprint density at radius 3 is 2.29 bits per heavy atom. The number of carbonyl (C=O) groups is 2. The van der Waals surface area contributed by atoms with Crippen molar-refractivity contribution in [2.45, 2.75) is 65.5 Å². The summed E-state index contributed by atoms with van der Waals surface area (Å²) in [6, 6.07) is -0.264. The van der Waals surface area contributed by atoms with Crippen molar-refractivity contribution in [2.75, 3.05) is 13.6 Å². The van der Waals surface area contributed by atoms with Crippen LogP contribution < -0.4 is 11.1 Å². The van der Waals surface area contributed by atoms with Gasteiger partial charge in [0.25, 0.3) is 0 Å². The maximum Gasteiger partial charge on any atom is 0.241 e. The summed E-state index contributed by atoms with van der Waals surface area (Å²) in [7, 11) is 1.83. The molecule has 21 heavy (non-hydrogen) atoms. The summed E-state index contributed by atoms with van der Waals surface area (Å²) in [6.45, 7) is 8.37. The molecule has 2 amide bonds. The van der Waals surface area contributed by atoms with Gasteiger partial charge >= 0.3 is 0 Å². The smallest absolute Gasteiger partial charge is 0.241 e. The van der Waals surface area contributed by atoms with E-state index < -0.39 is 6.04 Å². The summed E-state index contributed by atoms with van der Waals surface area (Å²) in [5.74, 6) is -0.223. The maximum absolute atomic E-state index is 12.2. The van der Waals surface area contributed by atoms with Gasteiger partial charge < -0.3 is 16.0 Å². The van der Waals surface area contributed by atoms with Gasteiger partial charge in [-0.05, 0) is 37.0 Å². The van der Waals surface area contributed by atoms with Crippen molar-refractivity contribution in [1.29, 1.82) is 0 Å². The largest absolute Gasteiger partial charge is 0.346 e. The molecule has 1 saturated carbocycles. The summed E-state index contributed by atoms with van der Waals surface area (Å²) in [5.41, 5.74) is 6.15. The molecule has 0 bridgehead atoms. The van der Waals surface area contributed by atoms with E-state index in [2.05, 4.69) is 19.2 Å². The summed E-state index contributed by atoms with van der Waals surface area (Å²) >= 11 is 0. The van der Waals surface area contributed by atoms with Gasteiger partial charge in [0.2, 0.25) is 11.8 Å². The highest BCUT2D eigenvalue weighted by molar-refractivity contribution is 5.87. The molecule has 0 aromatic rings. The van der Waals surface area contributed by atoms with E-state index in [1.807, 2.05) is 20.9 Å². The number of rotatable bonds is 5. The molecule has 5 heteroatoms. The predicted molar refractivity (Wildman–Crippen MR) is 84.6 cm³/mol. The summed E-state index contributed by atoms with van der Waals surface area (Å²) in [6.07, 6.45) is 4.35. The van der Waals surface area contributed by atoms with Gasteiger partial charge in [-0.3, -0.25) is 9.59 Å². The molecule has 0 aromatic carbocycles. The van der Waals surface area contributed by atoms with Crippen LogP contribution >= 0.6 is 0 Å². The first-order valence-electron chi connectivity index (χ1n) is 7.93. The molecule has 3 N–H and O–H groups in total. The van der Waals surface area contributed by atoms with Crippen molar-refractivity contribution >= 4 is 11.8 Å². The minimum Gasteiger partial charge on any atom is -0.346 e. The lowest BCUT2D eigenvalue weighted by atomic mass is 9.75. The van der Waals surface area contributed by atoms with E-state index in [9.17, 15) is 9.59 Å². The van der Waals surface area contributed by atoms with Gasteiger partial charge in [0, 0.05) is 13.1 Å². The lowest BCUT2D eigenvalue weighted by Gasteiger charge is -2.38. The quantitative estimate of drug-likeness (QED) is 0.807. The summed E-state index contributed by atoms with van der Waals surface area (Å²) < 4.78 is 0. The normalized spacial score (nSPS) is 20.1. The Morgan fingerprint density at radius 1 is 1.29 bits per heavy atom. The predicted octanol–water partition coefficient (Wildman–Crippen LogP) is 1.51. The minimum atomic E-state index is -0.557. The molecule has 0 radical (unpaired) electrons. The first-order chi connectivity index (χ1) is 9.64. The Kier molecular flexibility index (Phi) is 6.20. The van der Waals surface area contributed by atoms with Crippen molar-refractivity contribution < 1.29 is 9.59 Å². The molecule has 1 rings (SSSR count). The molecule has 1 fully saturated rings. The number of nitrogens with two attached hydrogens (primary N) is 1. The van der Waals surface area contributed by atoms with Crippen LogP contribution in [0.4, 0.5) is 0 Å². The molecule has 122 valence electrons. The highest BCUT2D eigenvalue weighted by Gasteiger charge is 2.30. The third-order valence-electron chi connectivity index (χ3n) is 4.68. The Bertz CT molecular complexity index is 370. The first-order valence-corrected chi connectivity index (χ1v) is 7.93. The SMILES string of the molecule is CC(C)[C@H](N)C(=O)NCC(=O)N(C)C1CCC(C)(C)CC1. The third-order valence-corrected chi connectivity index (χ3v) is 4.68. The fourth-order valence-electron chi connectivity index (χ4n) is 2.68. The van der Waals surface area contributed by atoms with Crippen molar-refractivity contribution in [3.8, 4) is 0 Å². The highest BCUT2D eigenvalue weighted by Crippen LogP contribution is 2.36. The Hall–Kier alpha value is -1.10. The second-order valence-electron chi connectivity index (χ2n) is 7.39. The lowest BCUT2D eigenvalue weighted by Crippen LogP contribution is -2.49. The number of amides is 2. The van der Waals surface area contributed by atoms with Crippen molar-refractivity contribution in [3.05, 3.63) is 0 Å². The van der Waals surface area contributed by atoms with Gasteiger partial charge in [-0.25, -0.2) is 0 Å². The average molecular weight is 297 g/mol. The number of hydrogen-bond acceptors (Lipinski definition) is 3. The van der Waals surface area contributed by atoms with Crippen LogP contribution in [-0.4, -0.2) is 42.4 Å². The van der Waals surface area contributed by atoms with E-state index in [-0.39, 0.29) is 24.3 Å². The fourth-order valence-corrected chi connectivity index (χ4v) is 2.68. The van der Waals surface area contributed by atoms with Gasteiger partial charge in [-0.15, -0.1) is 0 Å². The van der Waals surface area contributed by atoms with Gasteiger partial charge in [-0.2, -0.15) is 0 Å². The van der Waals surface area contributed by atoms with Crippen LogP contribution in [0.25, 0.3) is 0 Å². The Labute approximate surface area is 128 Å². The van der Waals surface area contributed by atoms with Crippen LogP contribution in [0.1, 0.15) is 53.4 Å². The highest BCUT2D eigenvalue weighted by atomic mass is 16.2.